The van der Waals surface area contributed by atoms with Gasteiger partial charge in [-0.3, -0.25) is 0 Å². The molecular formula is C8H7NO2S. The minimum atomic E-state index is -2.07. The van der Waals surface area contributed by atoms with Gasteiger partial charge in [-0.1, -0.05) is 12.1 Å². The lowest BCUT2D eigenvalue weighted by Crippen LogP contribution is -1.96. The Hall–Kier alpha value is -1.18. The molecule has 1 rings (SSSR count). The van der Waals surface area contributed by atoms with Gasteiger partial charge in [0.1, 0.15) is 6.07 Å². The van der Waals surface area contributed by atoms with E-state index in [9.17, 15) is 4.21 Å². The first-order valence-electron chi connectivity index (χ1n) is 3.27. The van der Waals surface area contributed by atoms with Gasteiger partial charge in [0.15, 0.2) is 11.1 Å². The van der Waals surface area contributed by atoms with Crippen LogP contribution in [0.5, 0.6) is 0 Å². The van der Waals surface area contributed by atoms with Crippen LogP contribution in [-0.2, 0) is 11.1 Å². The molecule has 0 heterocycles. The van der Waals surface area contributed by atoms with Crippen molar-refractivity contribution in [2.75, 3.05) is 0 Å². The zero-order chi connectivity index (χ0) is 9.14. The van der Waals surface area contributed by atoms with E-state index in [4.69, 9.17) is 9.81 Å². The van der Waals surface area contributed by atoms with Crippen LogP contribution in [0.15, 0.2) is 23.1 Å². The number of benzene rings is 1. The van der Waals surface area contributed by atoms with E-state index >= 15 is 0 Å². The minimum Gasteiger partial charge on any atom is -0.302 e. The van der Waals surface area contributed by atoms with E-state index in [0.29, 0.717) is 5.56 Å². The zero-order valence-corrected chi connectivity index (χ0v) is 7.26. The SMILES string of the molecule is Cc1cccc(C#N)c1S(=O)O. The molecule has 12 heavy (non-hydrogen) atoms. The molecule has 0 bridgehead atoms. The molecule has 1 N–H and O–H groups in total. The van der Waals surface area contributed by atoms with Crippen LogP contribution in [0.1, 0.15) is 11.1 Å². The van der Waals surface area contributed by atoms with Crippen molar-refractivity contribution in [1.29, 1.82) is 5.26 Å². The Morgan fingerprint density at radius 2 is 2.25 bits per heavy atom. The molecule has 0 radical (unpaired) electrons. The van der Waals surface area contributed by atoms with Gasteiger partial charge in [-0.2, -0.15) is 5.26 Å². The lowest BCUT2D eigenvalue weighted by atomic mass is 10.1. The average molecular weight is 181 g/mol. The Morgan fingerprint density at radius 1 is 1.58 bits per heavy atom. The van der Waals surface area contributed by atoms with Crippen molar-refractivity contribution in [3.63, 3.8) is 0 Å². The van der Waals surface area contributed by atoms with Crippen molar-refractivity contribution < 1.29 is 8.76 Å². The number of hydrogen-bond donors (Lipinski definition) is 1. The highest BCUT2D eigenvalue weighted by Crippen LogP contribution is 2.16. The third-order valence-corrected chi connectivity index (χ3v) is 2.40. The summed E-state index contributed by atoms with van der Waals surface area (Å²) in [5, 5.41) is 8.60. The van der Waals surface area contributed by atoms with E-state index in [2.05, 4.69) is 0 Å². The third kappa shape index (κ3) is 1.52. The summed E-state index contributed by atoms with van der Waals surface area (Å²) in [4.78, 5) is 0.208. The third-order valence-electron chi connectivity index (χ3n) is 1.51. The predicted molar refractivity (Wildman–Crippen MR) is 44.9 cm³/mol. The van der Waals surface area contributed by atoms with Gasteiger partial charge >= 0.3 is 0 Å². The average Bonchev–Trinajstić information content (AvgIpc) is 2.03. The quantitative estimate of drug-likeness (QED) is 0.667. The fourth-order valence-electron chi connectivity index (χ4n) is 0.972. The van der Waals surface area contributed by atoms with E-state index in [-0.39, 0.29) is 10.5 Å². The second kappa shape index (κ2) is 3.48. The molecule has 1 aromatic rings. The monoisotopic (exact) mass is 181 g/mol. The van der Waals surface area contributed by atoms with Gasteiger partial charge in [-0.05, 0) is 18.6 Å². The van der Waals surface area contributed by atoms with Crippen molar-refractivity contribution >= 4 is 11.1 Å². The molecule has 0 aliphatic rings. The molecule has 0 saturated carbocycles. The molecule has 62 valence electrons. The van der Waals surface area contributed by atoms with Gasteiger partial charge in [0.2, 0.25) is 0 Å². The predicted octanol–water partition coefficient (Wildman–Crippen LogP) is 1.45. The Labute approximate surface area is 72.9 Å². The number of rotatable bonds is 1. The van der Waals surface area contributed by atoms with Crippen LogP contribution in [0.25, 0.3) is 0 Å². The first-order valence-corrected chi connectivity index (χ1v) is 4.38. The standard InChI is InChI=1S/C8H7NO2S/c1-6-3-2-4-7(5-9)8(6)12(10)11/h2-4H,1H3,(H,10,11). The first-order chi connectivity index (χ1) is 5.66. The Bertz CT molecular complexity index is 368. The van der Waals surface area contributed by atoms with Gasteiger partial charge in [0.25, 0.3) is 0 Å². The summed E-state index contributed by atoms with van der Waals surface area (Å²) in [5.74, 6) is 0. The van der Waals surface area contributed by atoms with Gasteiger partial charge in [0.05, 0.1) is 10.5 Å². The summed E-state index contributed by atoms with van der Waals surface area (Å²) in [6.45, 7) is 1.70. The summed E-state index contributed by atoms with van der Waals surface area (Å²) in [6.07, 6.45) is 0. The fraction of sp³-hybridized carbons (Fsp3) is 0.125. The molecule has 0 amide bonds. The fourth-order valence-corrected chi connectivity index (χ4v) is 1.62. The minimum absolute atomic E-state index is 0.208. The van der Waals surface area contributed by atoms with E-state index < -0.39 is 11.1 Å². The zero-order valence-electron chi connectivity index (χ0n) is 6.44. The van der Waals surface area contributed by atoms with Gasteiger partial charge in [-0.15, -0.1) is 0 Å². The highest BCUT2D eigenvalue weighted by molar-refractivity contribution is 7.79. The van der Waals surface area contributed by atoms with E-state index in [0.717, 1.165) is 0 Å². The van der Waals surface area contributed by atoms with E-state index in [1.165, 1.54) is 6.07 Å². The molecule has 3 nitrogen and oxygen atoms in total. The van der Waals surface area contributed by atoms with Gasteiger partial charge in [0, 0.05) is 0 Å². The topological polar surface area (TPSA) is 61.1 Å². The van der Waals surface area contributed by atoms with E-state index in [1.807, 2.05) is 6.07 Å². The maximum atomic E-state index is 10.8. The van der Waals surface area contributed by atoms with Crippen LogP contribution < -0.4 is 0 Å². The highest BCUT2D eigenvalue weighted by Gasteiger charge is 2.09. The molecular weight excluding hydrogens is 174 g/mol. The first kappa shape index (κ1) is 8.91. The summed E-state index contributed by atoms with van der Waals surface area (Å²) in [6, 6.07) is 6.77. The summed E-state index contributed by atoms with van der Waals surface area (Å²) in [5.41, 5.74) is 0.922. The van der Waals surface area contributed by atoms with Gasteiger partial charge < -0.3 is 4.55 Å². The van der Waals surface area contributed by atoms with Crippen LogP contribution in [-0.4, -0.2) is 8.76 Å². The number of aryl methyl sites for hydroxylation is 1. The van der Waals surface area contributed by atoms with Crippen LogP contribution in [0.3, 0.4) is 0 Å². The molecule has 1 unspecified atom stereocenters. The van der Waals surface area contributed by atoms with Crippen molar-refractivity contribution in [2.45, 2.75) is 11.8 Å². The lowest BCUT2D eigenvalue weighted by Gasteiger charge is -2.01. The van der Waals surface area contributed by atoms with Crippen LogP contribution in [0.4, 0.5) is 0 Å². The molecule has 0 saturated heterocycles. The summed E-state index contributed by atoms with van der Waals surface area (Å²) in [7, 11) is 0. The lowest BCUT2D eigenvalue weighted by molar-refractivity contribution is 0.563. The maximum Gasteiger partial charge on any atom is 0.188 e. The molecule has 0 aliphatic heterocycles. The Balaban J connectivity index is 3.42. The Kier molecular flexibility index (Phi) is 2.58. The summed E-state index contributed by atoms with van der Waals surface area (Å²) >= 11 is -2.07. The molecule has 0 spiro atoms. The van der Waals surface area contributed by atoms with Crippen molar-refractivity contribution in [1.82, 2.24) is 0 Å². The second-order valence-corrected chi connectivity index (χ2v) is 3.22. The van der Waals surface area contributed by atoms with Crippen LogP contribution in [0.2, 0.25) is 0 Å². The van der Waals surface area contributed by atoms with Crippen LogP contribution in [0, 0.1) is 18.3 Å². The Morgan fingerprint density at radius 3 is 2.67 bits per heavy atom. The van der Waals surface area contributed by atoms with Crippen molar-refractivity contribution in [3.8, 4) is 6.07 Å². The molecule has 0 aromatic heterocycles. The van der Waals surface area contributed by atoms with Crippen molar-refractivity contribution in [3.05, 3.63) is 29.3 Å². The molecule has 4 heteroatoms. The number of nitriles is 1. The van der Waals surface area contributed by atoms with Crippen LogP contribution >= 0.6 is 0 Å². The highest BCUT2D eigenvalue weighted by atomic mass is 32.2. The maximum absolute atomic E-state index is 10.8. The molecule has 1 aromatic carbocycles. The second-order valence-electron chi connectivity index (χ2n) is 2.31. The van der Waals surface area contributed by atoms with Crippen molar-refractivity contribution in [2.24, 2.45) is 0 Å². The number of hydrogen-bond acceptors (Lipinski definition) is 2. The molecule has 0 aliphatic carbocycles. The smallest absolute Gasteiger partial charge is 0.188 e. The van der Waals surface area contributed by atoms with E-state index in [1.54, 1.807) is 19.1 Å². The number of nitrogens with zero attached hydrogens (tertiary/aromatic N) is 1. The normalized spacial score (nSPS) is 12.1. The summed E-state index contributed by atoms with van der Waals surface area (Å²) < 4.78 is 19.6. The molecule has 0 fully saturated rings. The largest absolute Gasteiger partial charge is 0.302 e. The van der Waals surface area contributed by atoms with Gasteiger partial charge in [-0.25, -0.2) is 4.21 Å². The molecule has 1 atom stereocenters.